The third-order valence-electron chi connectivity index (χ3n) is 4.80. The molecule has 28 heavy (non-hydrogen) atoms. The maximum atomic E-state index is 11.6. The Labute approximate surface area is 161 Å². The zero-order valence-electron chi connectivity index (χ0n) is 14.9. The molecule has 1 unspecified atom stereocenters. The van der Waals surface area contributed by atoms with E-state index in [0.717, 1.165) is 11.1 Å². The van der Waals surface area contributed by atoms with Crippen LogP contribution in [-0.4, -0.2) is 20.0 Å². The Morgan fingerprint density at radius 3 is 2.46 bits per heavy atom. The summed E-state index contributed by atoms with van der Waals surface area (Å²) in [6.45, 7) is 0. The normalized spacial score (nSPS) is 12.0. The second kappa shape index (κ2) is 7.44. The Bertz CT molecular complexity index is 1150. The highest BCUT2D eigenvalue weighted by atomic mass is 16.6. The van der Waals surface area contributed by atoms with E-state index >= 15 is 0 Å². The van der Waals surface area contributed by atoms with Gasteiger partial charge in [-0.3, -0.25) is 20.1 Å². The summed E-state index contributed by atoms with van der Waals surface area (Å²) in [4.78, 5) is 19.9. The molecular weight excluding hydrogens is 354 g/mol. The molecule has 2 heterocycles. The van der Waals surface area contributed by atoms with Crippen LogP contribution < -0.4 is 0 Å². The number of nitro groups is 1. The van der Waals surface area contributed by atoms with Crippen LogP contribution in [0, 0.1) is 10.1 Å². The third-order valence-corrected chi connectivity index (χ3v) is 4.80. The van der Waals surface area contributed by atoms with Gasteiger partial charge < -0.3 is 5.11 Å². The monoisotopic (exact) mass is 371 g/mol. The van der Waals surface area contributed by atoms with Crippen LogP contribution in [0.25, 0.3) is 10.9 Å². The van der Waals surface area contributed by atoms with Crippen molar-refractivity contribution in [1.82, 2.24) is 9.97 Å². The standard InChI is InChI=1S/C22H17N3O3/c26-22-18(11-10-15-6-5-13-24-21(15)22)19(14-16-7-3-4-12-23-16)17-8-1-2-9-20(17)25(27)28/h1-13,19,26H,14H2. The number of para-hydroxylation sites is 1. The van der Waals surface area contributed by atoms with Gasteiger partial charge in [-0.05, 0) is 18.2 Å². The SMILES string of the molecule is O=[N+]([O-])c1ccccc1C(Cc1ccccn1)c1ccc2cccnc2c1O. The number of hydrogen-bond acceptors (Lipinski definition) is 5. The van der Waals surface area contributed by atoms with Crippen LogP contribution in [0.5, 0.6) is 5.75 Å². The second-order valence-electron chi connectivity index (χ2n) is 6.47. The van der Waals surface area contributed by atoms with E-state index < -0.39 is 10.8 Å². The van der Waals surface area contributed by atoms with E-state index in [1.165, 1.54) is 6.07 Å². The molecule has 138 valence electrons. The van der Waals surface area contributed by atoms with Crippen LogP contribution in [0.4, 0.5) is 5.69 Å². The van der Waals surface area contributed by atoms with Crippen molar-refractivity contribution in [2.24, 2.45) is 0 Å². The Balaban J connectivity index is 1.92. The molecule has 0 aliphatic rings. The molecule has 0 saturated carbocycles. The molecule has 2 aromatic carbocycles. The van der Waals surface area contributed by atoms with Crippen molar-refractivity contribution < 1.29 is 10.0 Å². The first-order valence-corrected chi connectivity index (χ1v) is 8.85. The highest BCUT2D eigenvalue weighted by molar-refractivity contribution is 5.85. The van der Waals surface area contributed by atoms with Gasteiger partial charge in [0, 0.05) is 53.0 Å². The topological polar surface area (TPSA) is 89.2 Å². The van der Waals surface area contributed by atoms with Gasteiger partial charge >= 0.3 is 0 Å². The smallest absolute Gasteiger partial charge is 0.273 e. The number of benzene rings is 2. The minimum Gasteiger partial charge on any atom is -0.505 e. The van der Waals surface area contributed by atoms with Gasteiger partial charge in [0.15, 0.2) is 0 Å². The quantitative estimate of drug-likeness (QED) is 0.408. The number of pyridine rings is 2. The molecule has 1 atom stereocenters. The molecule has 1 N–H and O–H groups in total. The van der Waals surface area contributed by atoms with Gasteiger partial charge in [-0.1, -0.05) is 42.5 Å². The molecule has 0 aliphatic heterocycles. The predicted molar refractivity (Wildman–Crippen MR) is 106 cm³/mol. The van der Waals surface area contributed by atoms with Crippen LogP contribution in [0.1, 0.15) is 22.7 Å². The number of phenols is 1. The summed E-state index contributed by atoms with van der Waals surface area (Å²) in [6.07, 6.45) is 3.72. The molecule has 0 spiro atoms. The molecule has 4 aromatic rings. The summed E-state index contributed by atoms with van der Waals surface area (Å²) >= 11 is 0. The molecule has 4 rings (SSSR count). The Morgan fingerprint density at radius 1 is 0.893 bits per heavy atom. The van der Waals surface area contributed by atoms with Crippen molar-refractivity contribution in [2.45, 2.75) is 12.3 Å². The van der Waals surface area contributed by atoms with Crippen molar-refractivity contribution in [2.75, 3.05) is 0 Å². The van der Waals surface area contributed by atoms with Gasteiger partial charge in [-0.2, -0.15) is 0 Å². The Kier molecular flexibility index (Phi) is 4.68. The fourth-order valence-corrected chi connectivity index (χ4v) is 3.49. The Hall–Kier alpha value is -3.80. The molecule has 0 bridgehead atoms. The maximum Gasteiger partial charge on any atom is 0.273 e. The van der Waals surface area contributed by atoms with Gasteiger partial charge in [0.1, 0.15) is 11.3 Å². The van der Waals surface area contributed by atoms with Crippen LogP contribution in [0.3, 0.4) is 0 Å². The van der Waals surface area contributed by atoms with Gasteiger partial charge in [-0.15, -0.1) is 0 Å². The van der Waals surface area contributed by atoms with E-state index in [0.29, 0.717) is 23.1 Å². The van der Waals surface area contributed by atoms with Crippen LogP contribution in [0.2, 0.25) is 0 Å². The van der Waals surface area contributed by atoms with Crippen LogP contribution in [0.15, 0.2) is 79.1 Å². The lowest BCUT2D eigenvalue weighted by Crippen LogP contribution is -2.09. The average molecular weight is 371 g/mol. The zero-order chi connectivity index (χ0) is 19.5. The van der Waals surface area contributed by atoms with Crippen molar-refractivity contribution >= 4 is 16.6 Å². The van der Waals surface area contributed by atoms with Crippen molar-refractivity contribution in [3.05, 3.63) is 106 Å². The third kappa shape index (κ3) is 3.27. The van der Waals surface area contributed by atoms with Gasteiger partial charge in [0.2, 0.25) is 0 Å². The van der Waals surface area contributed by atoms with Gasteiger partial charge in [0.05, 0.1) is 4.92 Å². The summed E-state index contributed by atoms with van der Waals surface area (Å²) < 4.78 is 0. The number of aromatic nitrogens is 2. The lowest BCUT2D eigenvalue weighted by atomic mass is 9.85. The summed E-state index contributed by atoms with van der Waals surface area (Å²) in [5.41, 5.74) is 2.40. The fourth-order valence-electron chi connectivity index (χ4n) is 3.49. The molecule has 0 fully saturated rings. The molecule has 0 radical (unpaired) electrons. The molecular formula is C22H17N3O3. The lowest BCUT2D eigenvalue weighted by molar-refractivity contribution is -0.385. The number of fused-ring (bicyclic) bond motifs is 1. The zero-order valence-corrected chi connectivity index (χ0v) is 14.9. The highest BCUT2D eigenvalue weighted by Crippen LogP contribution is 2.40. The molecule has 0 amide bonds. The summed E-state index contributed by atoms with van der Waals surface area (Å²) in [6, 6.07) is 19.5. The minimum absolute atomic E-state index is 0.0175. The van der Waals surface area contributed by atoms with E-state index in [2.05, 4.69) is 9.97 Å². The van der Waals surface area contributed by atoms with Crippen LogP contribution in [-0.2, 0) is 6.42 Å². The van der Waals surface area contributed by atoms with Crippen molar-refractivity contribution in [3.63, 3.8) is 0 Å². The first-order valence-electron chi connectivity index (χ1n) is 8.85. The van der Waals surface area contributed by atoms with E-state index in [9.17, 15) is 15.2 Å². The number of rotatable bonds is 5. The van der Waals surface area contributed by atoms with Gasteiger partial charge in [-0.25, -0.2) is 0 Å². The largest absolute Gasteiger partial charge is 0.505 e. The molecule has 2 aromatic heterocycles. The van der Waals surface area contributed by atoms with Crippen molar-refractivity contribution in [1.29, 1.82) is 0 Å². The first-order chi connectivity index (χ1) is 13.6. The van der Waals surface area contributed by atoms with E-state index in [1.807, 2.05) is 36.4 Å². The Morgan fingerprint density at radius 2 is 1.68 bits per heavy atom. The number of aromatic hydroxyl groups is 1. The lowest BCUT2D eigenvalue weighted by Gasteiger charge is -2.19. The molecule has 6 nitrogen and oxygen atoms in total. The molecule has 0 saturated heterocycles. The average Bonchev–Trinajstić information content (AvgIpc) is 2.74. The number of nitrogens with zero attached hydrogens (tertiary/aromatic N) is 3. The minimum atomic E-state index is -0.442. The maximum absolute atomic E-state index is 11.6. The van der Waals surface area contributed by atoms with E-state index in [1.54, 1.807) is 36.7 Å². The highest BCUT2D eigenvalue weighted by Gasteiger charge is 2.27. The summed E-state index contributed by atoms with van der Waals surface area (Å²) in [5.74, 6) is -0.403. The van der Waals surface area contributed by atoms with E-state index in [4.69, 9.17) is 0 Å². The summed E-state index contributed by atoms with van der Waals surface area (Å²) in [5, 5.41) is 23.4. The van der Waals surface area contributed by atoms with Gasteiger partial charge in [0.25, 0.3) is 5.69 Å². The molecule has 6 heteroatoms. The number of phenolic OH excluding ortho intramolecular Hbond substituents is 1. The van der Waals surface area contributed by atoms with Crippen LogP contribution >= 0.6 is 0 Å². The van der Waals surface area contributed by atoms with Crippen molar-refractivity contribution in [3.8, 4) is 5.75 Å². The first kappa shape index (κ1) is 17.6. The number of nitro benzene ring substituents is 1. The fraction of sp³-hybridized carbons (Fsp3) is 0.0909. The number of hydrogen-bond donors (Lipinski definition) is 1. The summed E-state index contributed by atoms with van der Waals surface area (Å²) in [7, 11) is 0. The predicted octanol–water partition coefficient (Wildman–Crippen LogP) is 4.62. The second-order valence-corrected chi connectivity index (χ2v) is 6.47. The molecule has 0 aliphatic carbocycles. The van der Waals surface area contributed by atoms with E-state index in [-0.39, 0.29) is 11.4 Å².